The van der Waals surface area contributed by atoms with Crippen LogP contribution in [0.25, 0.3) is 11.0 Å². The molecule has 1 aliphatic heterocycles. The summed E-state index contributed by atoms with van der Waals surface area (Å²) in [5, 5.41) is 16.3. The van der Waals surface area contributed by atoms with Crippen molar-refractivity contribution in [3.8, 4) is 5.75 Å². The van der Waals surface area contributed by atoms with Gasteiger partial charge in [0.2, 0.25) is 0 Å². The number of amides is 1. The lowest BCUT2D eigenvalue weighted by molar-refractivity contribution is -0.122. The van der Waals surface area contributed by atoms with Crippen LogP contribution in [0.2, 0.25) is 5.02 Å². The predicted octanol–water partition coefficient (Wildman–Crippen LogP) is 3.10. The summed E-state index contributed by atoms with van der Waals surface area (Å²) in [7, 11) is 1.51. The van der Waals surface area contributed by atoms with Crippen molar-refractivity contribution in [1.82, 2.24) is 19.9 Å². The van der Waals surface area contributed by atoms with E-state index in [9.17, 15) is 14.7 Å². The van der Waals surface area contributed by atoms with E-state index in [1.807, 2.05) is 26.0 Å². The molecule has 0 atom stereocenters. The van der Waals surface area contributed by atoms with Gasteiger partial charge < -0.3 is 25.4 Å². The standard InChI is InChI=1S/C25H31ClN6O4/c1-15(2)32-24-17(9-21(25(32)35)36-14-23(34)27-3)8-18(11-29-24)30-20-10-22(28-12-19(20)26)31-6-4-16(13-33)5-7-31/h8-12,15-16,33H,4-7,13-14H2,1-3H3,(H,27,34)(H,28,30). The topological polar surface area (TPSA) is 122 Å². The van der Waals surface area contributed by atoms with Crippen LogP contribution in [0.3, 0.4) is 0 Å². The number of ether oxygens (including phenoxy) is 1. The number of carbonyl (C=O) groups excluding carboxylic acids is 1. The highest BCUT2D eigenvalue weighted by Crippen LogP contribution is 2.31. The molecule has 1 aliphatic rings. The molecule has 36 heavy (non-hydrogen) atoms. The molecule has 1 amide bonds. The zero-order valence-electron chi connectivity index (χ0n) is 20.6. The van der Waals surface area contributed by atoms with Crippen LogP contribution in [0.1, 0.15) is 32.7 Å². The fraction of sp³-hybridized carbons (Fsp3) is 0.440. The lowest BCUT2D eigenvalue weighted by Crippen LogP contribution is -2.35. The summed E-state index contributed by atoms with van der Waals surface area (Å²) in [6.07, 6.45) is 5.10. The molecule has 10 nitrogen and oxygen atoms in total. The number of carbonyl (C=O) groups is 1. The number of aliphatic hydroxyl groups excluding tert-OH is 1. The highest BCUT2D eigenvalue weighted by atomic mass is 35.5. The number of likely N-dealkylation sites (N-methyl/N-ethyl adjacent to an activating group) is 1. The van der Waals surface area contributed by atoms with Gasteiger partial charge in [0.15, 0.2) is 12.4 Å². The van der Waals surface area contributed by atoms with E-state index in [-0.39, 0.29) is 36.5 Å². The number of nitrogens with zero attached hydrogens (tertiary/aromatic N) is 4. The number of pyridine rings is 3. The molecule has 0 aromatic carbocycles. The second-order valence-corrected chi connectivity index (χ2v) is 9.54. The number of aromatic nitrogens is 3. The molecule has 0 aliphatic carbocycles. The molecule has 0 saturated carbocycles. The van der Waals surface area contributed by atoms with E-state index in [2.05, 4.69) is 25.5 Å². The Labute approximate surface area is 214 Å². The largest absolute Gasteiger partial charge is 0.478 e. The Balaban J connectivity index is 1.64. The Morgan fingerprint density at radius 3 is 2.64 bits per heavy atom. The maximum atomic E-state index is 13.0. The smallest absolute Gasteiger partial charge is 0.294 e. The quantitative estimate of drug-likeness (QED) is 0.419. The van der Waals surface area contributed by atoms with Crippen LogP contribution in [0, 0.1) is 5.92 Å². The van der Waals surface area contributed by atoms with Crippen LogP contribution in [0.5, 0.6) is 5.75 Å². The van der Waals surface area contributed by atoms with Crippen LogP contribution < -0.4 is 25.8 Å². The maximum Gasteiger partial charge on any atom is 0.294 e. The van der Waals surface area contributed by atoms with Crippen molar-refractivity contribution in [1.29, 1.82) is 0 Å². The molecular weight excluding hydrogens is 484 g/mol. The number of fused-ring (bicyclic) bond motifs is 1. The summed E-state index contributed by atoms with van der Waals surface area (Å²) in [5.41, 5.74) is 1.52. The minimum absolute atomic E-state index is 0.0780. The third-order valence-corrected chi connectivity index (χ3v) is 6.61. The molecule has 3 N–H and O–H groups in total. The van der Waals surface area contributed by atoms with Gasteiger partial charge in [0.05, 0.1) is 28.8 Å². The van der Waals surface area contributed by atoms with Gasteiger partial charge in [-0.05, 0) is 44.7 Å². The molecule has 3 aromatic heterocycles. The van der Waals surface area contributed by atoms with Gasteiger partial charge in [-0.1, -0.05) is 11.6 Å². The van der Waals surface area contributed by atoms with Gasteiger partial charge in [-0.3, -0.25) is 14.2 Å². The summed E-state index contributed by atoms with van der Waals surface area (Å²) in [5.74, 6) is 0.894. The monoisotopic (exact) mass is 514 g/mol. The lowest BCUT2D eigenvalue weighted by Gasteiger charge is -2.32. The van der Waals surface area contributed by atoms with Crippen LogP contribution in [-0.2, 0) is 4.79 Å². The van der Waals surface area contributed by atoms with Crippen LogP contribution in [0.4, 0.5) is 17.2 Å². The number of nitrogens with one attached hydrogen (secondary N) is 2. The van der Waals surface area contributed by atoms with Crippen molar-refractivity contribution in [2.24, 2.45) is 5.92 Å². The highest BCUT2D eigenvalue weighted by molar-refractivity contribution is 6.33. The predicted molar refractivity (Wildman–Crippen MR) is 141 cm³/mol. The first-order valence-electron chi connectivity index (χ1n) is 12.0. The van der Waals surface area contributed by atoms with E-state index in [0.717, 1.165) is 31.7 Å². The van der Waals surface area contributed by atoms with Crippen molar-refractivity contribution in [3.05, 3.63) is 46.0 Å². The van der Waals surface area contributed by atoms with Gasteiger partial charge in [0.25, 0.3) is 11.5 Å². The van der Waals surface area contributed by atoms with Crippen LogP contribution >= 0.6 is 11.6 Å². The van der Waals surface area contributed by atoms with E-state index in [1.165, 1.54) is 7.05 Å². The molecule has 4 rings (SSSR count). The van der Waals surface area contributed by atoms with Gasteiger partial charge >= 0.3 is 0 Å². The summed E-state index contributed by atoms with van der Waals surface area (Å²) >= 11 is 6.45. The number of rotatable bonds is 8. The van der Waals surface area contributed by atoms with Gasteiger partial charge in [-0.2, -0.15) is 0 Å². The first-order valence-corrected chi connectivity index (χ1v) is 12.4. The van der Waals surface area contributed by atoms with Crippen LogP contribution in [0.15, 0.2) is 35.4 Å². The fourth-order valence-electron chi connectivity index (χ4n) is 4.26. The highest BCUT2D eigenvalue weighted by Gasteiger charge is 2.20. The van der Waals surface area contributed by atoms with E-state index in [0.29, 0.717) is 33.3 Å². The first-order chi connectivity index (χ1) is 17.3. The zero-order valence-corrected chi connectivity index (χ0v) is 21.4. The average Bonchev–Trinajstić information content (AvgIpc) is 2.88. The molecule has 0 spiro atoms. The minimum atomic E-state index is -0.346. The molecule has 192 valence electrons. The summed E-state index contributed by atoms with van der Waals surface area (Å²) in [6, 6.07) is 5.19. The summed E-state index contributed by atoms with van der Waals surface area (Å²) < 4.78 is 7.07. The molecule has 3 aromatic rings. The molecule has 1 saturated heterocycles. The Hall–Kier alpha value is -3.37. The molecule has 0 radical (unpaired) electrons. The number of aliphatic hydroxyl groups is 1. The number of hydrogen-bond acceptors (Lipinski definition) is 8. The Morgan fingerprint density at radius 2 is 1.97 bits per heavy atom. The summed E-state index contributed by atoms with van der Waals surface area (Å²) in [4.78, 5) is 35.8. The number of halogens is 1. The minimum Gasteiger partial charge on any atom is -0.478 e. The normalized spacial score (nSPS) is 14.3. The fourth-order valence-corrected chi connectivity index (χ4v) is 4.41. The first kappa shape index (κ1) is 25.7. The number of anilines is 3. The van der Waals surface area contributed by atoms with Crippen molar-refractivity contribution >= 4 is 45.7 Å². The van der Waals surface area contributed by atoms with Gasteiger partial charge in [0, 0.05) is 44.2 Å². The second-order valence-electron chi connectivity index (χ2n) is 9.14. The van der Waals surface area contributed by atoms with Crippen molar-refractivity contribution in [2.45, 2.75) is 32.7 Å². The molecule has 4 heterocycles. The van der Waals surface area contributed by atoms with Crippen LogP contribution in [-0.4, -0.2) is 58.9 Å². The van der Waals surface area contributed by atoms with E-state index in [4.69, 9.17) is 16.3 Å². The average molecular weight is 515 g/mol. The van der Waals surface area contributed by atoms with Gasteiger partial charge in [-0.25, -0.2) is 9.97 Å². The zero-order chi connectivity index (χ0) is 25.8. The van der Waals surface area contributed by atoms with E-state index >= 15 is 0 Å². The third kappa shape index (κ3) is 5.55. The van der Waals surface area contributed by atoms with Gasteiger partial charge in [0.1, 0.15) is 11.5 Å². The molecule has 0 bridgehead atoms. The Morgan fingerprint density at radius 1 is 1.22 bits per heavy atom. The third-order valence-electron chi connectivity index (χ3n) is 6.31. The number of hydrogen-bond donors (Lipinski definition) is 3. The number of piperidine rings is 1. The molecule has 1 fully saturated rings. The summed E-state index contributed by atoms with van der Waals surface area (Å²) in [6.45, 7) is 5.38. The Bertz CT molecular complexity index is 1300. The van der Waals surface area contributed by atoms with E-state index < -0.39 is 0 Å². The van der Waals surface area contributed by atoms with Crippen molar-refractivity contribution in [3.63, 3.8) is 0 Å². The molecular formula is C25H31ClN6O4. The van der Waals surface area contributed by atoms with Crippen molar-refractivity contribution in [2.75, 3.05) is 43.6 Å². The van der Waals surface area contributed by atoms with Crippen molar-refractivity contribution < 1.29 is 14.6 Å². The van der Waals surface area contributed by atoms with E-state index in [1.54, 1.807) is 23.0 Å². The van der Waals surface area contributed by atoms with Gasteiger partial charge in [-0.15, -0.1) is 0 Å². The Kier molecular flexibility index (Phi) is 7.95. The second kappa shape index (κ2) is 11.1. The molecule has 11 heteroatoms. The molecule has 0 unspecified atom stereocenters. The SMILES string of the molecule is CNC(=O)COc1cc2cc(Nc3cc(N4CCC(CO)CC4)ncc3Cl)cnc2n(C(C)C)c1=O. The lowest BCUT2D eigenvalue weighted by atomic mass is 9.98. The maximum absolute atomic E-state index is 13.0.